The molecule has 1 atom stereocenters. The predicted octanol–water partition coefficient (Wildman–Crippen LogP) is 3.04. The summed E-state index contributed by atoms with van der Waals surface area (Å²) in [5.41, 5.74) is 0.772. The minimum atomic E-state index is 0.102. The van der Waals surface area contributed by atoms with Gasteiger partial charge in [0.05, 0.1) is 11.5 Å². The molecular formula is C17H21N3O3S. The second kappa shape index (κ2) is 7.03. The number of hydrogen-bond acceptors (Lipinski definition) is 6. The molecule has 128 valence electrons. The van der Waals surface area contributed by atoms with Crippen LogP contribution in [-0.2, 0) is 4.74 Å². The Balaban J connectivity index is 1.44. The lowest BCUT2D eigenvalue weighted by molar-refractivity contribution is 0.0696. The van der Waals surface area contributed by atoms with Gasteiger partial charge >= 0.3 is 0 Å². The number of ether oxygens (including phenoxy) is 1. The number of thiophene rings is 1. The van der Waals surface area contributed by atoms with Crippen LogP contribution in [-0.4, -0.2) is 47.3 Å². The first-order valence-electron chi connectivity index (χ1n) is 8.54. The molecule has 0 radical (unpaired) electrons. The number of likely N-dealkylation sites (tertiary alicyclic amines) is 1. The van der Waals surface area contributed by atoms with Crippen LogP contribution in [0.3, 0.4) is 0 Å². The van der Waals surface area contributed by atoms with Crippen LogP contribution in [0.2, 0.25) is 0 Å². The molecule has 0 N–H and O–H groups in total. The quantitative estimate of drug-likeness (QED) is 0.853. The Hall–Kier alpha value is -1.73. The summed E-state index contributed by atoms with van der Waals surface area (Å²) in [5, 5.41) is 8.03. The van der Waals surface area contributed by atoms with E-state index in [4.69, 9.17) is 9.26 Å². The van der Waals surface area contributed by atoms with Crippen molar-refractivity contribution in [3.05, 3.63) is 34.1 Å². The molecule has 0 aromatic carbocycles. The Morgan fingerprint density at radius 2 is 2.12 bits per heavy atom. The van der Waals surface area contributed by atoms with Crippen LogP contribution in [0.1, 0.15) is 59.6 Å². The molecule has 4 rings (SSSR count). The second-order valence-electron chi connectivity index (χ2n) is 6.48. The third-order valence-corrected chi connectivity index (χ3v) is 5.55. The van der Waals surface area contributed by atoms with Gasteiger partial charge < -0.3 is 14.2 Å². The van der Waals surface area contributed by atoms with E-state index in [0.29, 0.717) is 18.4 Å². The van der Waals surface area contributed by atoms with E-state index in [2.05, 4.69) is 10.1 Å². The highest BCUT2D eigenvalue weighted by molar-refractivity contribution is 7.08. The van der Waals surface area contributed by atoms with E-state index < -0.39 is 0 Å². The molecular weight excluding hydrogens is 326 g/mol. The Bertz CT molecular complexity index is 679. The monoisotopic (exact) mass is 347 g/mol. The lowest BCUT2D eigenvalue weighted by Gasteiger charge is -2.30. The van der Waals surface area contributed by atoms with Crippen molar-refractivity contribution in [2.75, 3.05) is 26.3 Å². The second-order valence-corrected chi connectivity index (χ2v) is 7.26. The summed E-state index contributed by atoms with van der Waals surface area (Å²) in [6.07, 6.45) is 3.86. The topological polar surface area (TPSA) is 68.5 Å². The van der Waals surface area contributed by atoms with Gasteiger partial charge in [0.1, 0.15) is 0 Å². The average molecular weight is 347 g/mol. The van der Waals surface area contributed by atoms with Crippen LogP contribution in [0.15, 0.2) is 21.3 Å². The minimum absolute atomic E-state index is 0.102. The van der Waals surface area contributed by atoms with Gasteiger partial charge in [0.15, 0.2) is 5.82 Å². The third kappa shape index (κ3) is 3.23. The maximum Gasteiger partial charge on any atom is 0.254 e. The fourth-order valence-corrected chi connectivity index (χ4v) is 4.10. The van der Waals surface area contributed by atoms with E-state index in [0.717, 1.165) is 56.8 Å². The first-order valence-corrected chi connectivity index (χ1v) is 9.48. The number of carbonyl (C=O) groups is 1. The van der Waals surface area contributed by atoms with Crippen LogP contribution in [0.25, 0.3) is 0 Å². The molecule has 2 aromatic heterocycles. The SMILES string of the molecule is O=C(c1ccsc1)N1CCCC(c2nc(C3CCOCC3)no2)C1. The summed E-state index contributed by atoms with van der Waals surface area (Å²) in [6.45, 7) is 2.98. The van der Waals surface area contributed by atoms with Crippen molar-refractivity contribution in [1.29, 1.82) is 0 Å². The molecule has 2 aliphatic rings. The van der Waals surface area contributed by atoms with E-state index in [9.17, 15) is 4.79 Å². The zero-order valence-electron chi connectivity index (χ0n) is 13.5. The fraction of sp³-hybridized carbons (Fsp3) is 0.588. The Kier molecular flexibility index (Phi) is 4.62. The molecule has 4 heterocycles. The van der Waals surface area contributed by atoms with Crippen LogP contribution in [0, 0.1) is 0 Å². The van der Waals surface area contributed by atoms with E-state index >= 15 is 0 Å². The molecule has 6 nitrogen and oxygen atoms in total. The summed E-state index contributed by atoms with van der Waals surface area (Å²) in [7, 11) is 0. The molecule has 2 fully saturated rings. The van der Waals surface area contributed by atoms with Crippen LogP contribution in [0.5, 0.6) is 0 Å². The van der Waals surface area contributed by atoms with E-state index in [-0.39, 0.29) is 11.8 Å². The van der Waals surface area contributed by atoms with Crippen LogP contribution < -0.4 is 0 Å². The normalized spacial score (nSPS) is 22.7. The van der Waals surface area contributed by atoms with E-state index in [1.165, 1.54) is 0 Å². The molecule has 0 bridgehead atoms. The summed E-state index contributed by atoms with van der Waals surface area (Å²) in [4.78, 5) is 19.1. The van der Waals surface area contributed by atoms with Gasteiger partial charge in [-0.05, 0) is 37.1 Å². The van der Waals surface area contributed by atoms with Crippen molar-refractivity contribution in [3.8, 4) is 0 Å². The fourth-order valence-electron chi connectivity index (χ4n) is 3.47. The molecule has 2 aromatic rings. The van der Waals surface area contributed by atoms with Gasteiger partial charge in [-0.25, -0.2) is 0 Å². The molecule has 1 amide bonds. The first kappa shape index (κ1) is 15.8. The molecule has 24 heavy (non-hydrogen) atoms. The zero-order chi connectivity index (χ0) is 16.4. The van der Waals surface area contributed by atoms with Crippen molar-refractivity contribution in [2.24, 2.45) is 0 Å². The van der Waals surface area contributed by atoms with Crippen molar-refractivity contribution in [3.63, 3.8) is 0 Å². The van der Waals surface area contributed by atoms with Gasteiger partial charge in [-0.15, -0.1) is 0 Å². The summed E-state index contributed by atoms with van der Waals surface area (Å²) in [5.74, 6) is 2.06. The van der Waals surface area contributed by atoms with Gasteiger partial charge in [-0.2, -0.15) is 16.3 Å². The molecule has 1 unspecified atom stereocenters. The number of aromatic nitrogens is 2. The molecule has 0 aliphatic carbocycles. The first-order chi connectivity index (χ1) is 11.8. The number of amides is 1. The maximum absolute atomic E-state index is 12.5. The third-order valence-electron chi connectivity index (χ3n) is 4.87. The van der Waals surface area contributed by atoms with Gasteiger partial charge in [0, 0.05) is 37.6 Å². The number of carbonyl (C=O) groups excluding carboxylic acids is 1. The van der Waals surface area contributed by atoms with Crippen LogP contribution >= 0.6 is 11.3 Å². The van der Waals surface area contributed by atoms with E-state index in [1.54, 1.807) is 11.3 Å². The summed E-state index contributed by atoms with van der Waals surface area (Å²) < 4.78 is 10.9. The lowest BCUT2D eigenvalue weighted by Crippen LogP contribution is -2.39. The predicted molar refractivity (Wildman–Crippen MR) is 89.3 cm³/mol. The highest BCUT2D eigenvalue weighted by atomic mass is 32.1. The number of hydrogen-bond donors (Lipinski definition) is 0. The summed E-state index contributed by atoms with van der Waals surface area (Å²) in [6, 6.07) is 1.88. The molecule has 2 aliphatic heterocycles. The van der Waals surface area contributed by atoms with Gasteiger partial charge in [-0.1, -0.05) is 5.16 Å². The highest BCUT2D eigenvalue weighted by Gasteiger charge is 2.30. The van der Waals surface area contributed by atoms with Crippen molar-refractivity contribution < 1.29 is 14.1 Å². The molecule has 0 spiro atoms. The molecule has 2 saturated heterocycles. The molecule has 0 saturated carbocycles. The highest BCUT2D eigenvalue weighted by Crippen LogP contribution is 2.30. The van der Waals surface area contributed by atoms with Gasteiger partial charge in [0.25, 0.3) is 5.91 Å². The summed E-state index contributed by atoms with van der Waals surface area (Å²) >= 11 is 1.55. The van der Waals surface area contributed by atoms with Gasteiger partial charge in [0.2, 0.25) is 5.89 Å². The number of piperidine rings is 1. The molecule has 7 heteroatoms. The largest absolute Gasteiger partial charge is 0.381 e. The van der Waals surface area contributed by atoms with Crippen LogP contribution in [0.4, 0.5) is 0 Å². The number of rotatable bonds is 3. The van der Waals surface area contributed by atoms with Crippen molar-refractivity contribution >= 4 is 17.2 Å². The Morgan fingerprint density at radius 3 is 2.92 bits per heavy atom. The van der Waals surface area contributed by atoms with E-state index in [1.807, 2.05) is 21.7 Å². The smallest absolute Gasteiger partial charge is 0.254 e. The Labute approximate surface area is 144 Å². The average Bonchev–Trinajstić information content (AvgIpc) is 3.34. The standard InChI is InChI=1S/C17H21N3O3S/c21-17(14-5-9-24-11-14)20-6-1-2-13(10-20)16-18-15(19-23-16)12-3-7-22-8-4-12/h5,9,11-13H,1-4,6-8,10H2. The van der Waals surface area contributed by atoms with Gasteiger partial charge in [-0.3, -0.25) is 4.79 Å². The van der Waals surface area contributed by atoms with Crippen molar-refractivity contribution in [1.82, 2.24) is 15.0 Å². The maximum atomic E-state index is 12.5. The lowest BCUT2D eigenvalue weighted by atomic mass is 9.97. The number of nitrogens with zero attached hydrogens (tertiary/aromatic N) is 3. The Morgan fingerprint density at radius 1 is 1.25 bits per heavy atom. The zero-order valence-corrected chi connectivity index (χ0v) is 14.3. The van der Waals surface area contributed by atoms with Crippen molar-refractivity contribution in [2.45, 2.75) is 37.5 Å². The minimum Gasteiger partial charge on any atom is -0.381 e.